The molecule has 0 aliphatic carbocycles. The van der Waals surface area contributed by atoms with Gasteiger partial charge in [-0.15, -0.1) is 17.5 Å². The van der Waals surface area contributed by atoms with Crippen molar-refractivity contribution in [1.29, 1.82) is 0 Å². The fourth-order valence-corrected chi connectivity index (χ4v) is 4.60. The number of hydrogen-bond donors (Lipinski definition) is 1. The summed E-state index contributed by atoms with van der Waals surface area (Å²) in [5.41, 5.74) is 2.04. The summed E-state index contributed by atoms with van der Waals surface area (Å²) in [5.74, 6) is 1.79. The molecule has 0 atom stereocenters. The van der Waals surface area contributed by atoms with Crippen LogP contribution in [0.3, 0.4) is 0 Å². The zero-order chi connectivity index (χ0) is 22.3. The number of aromatic nitrogens is 4. The van der Waals surface area contributed by atoms with Crippen LogP contribution in [-0.4, -0.2) is 32.5 Å². The lowest BCUT2D eigenvalue weighted by atomic mass is 10.0. The first-order valence-corrected chi connectivity index (χ1v) is 12.0. The van der Waals surface area contributed by atoms with Gasteiger partial charge in [0.2, 0.25) is 5.16 Å². The predicted molar refractivity (Wildman–Crippen MR) is 138 cm³/mol. The van der Waals surface area contributed by atoms with Gasteiger partial charge in [0.05, 0.1) is 0 Å². The van der Waals surface area contributed by atoms with Gasteiger partial charge in [-0.3, -0.25) is 0 Å². The number of thioether (sulfide) groups is 1. The molecule has 0 aliphatic rings. The molecular weight excluding hydrogens is 501 g/mol. The molecule has 0 bridgehead atoms. The van der Waals surface area contributed by atoms with Crippen molar-refractivity contribution in [2.24, 2.45) is 7.05 Å². The van der Waals surface area contributed by atoms with Crippen LogP contribution in [0.4, 0.5) is 0 Å². The van der Waals surface area contributed by atoms with E-state index >= 15 is 0 Å². The van der Waals surface area contributed by atoms with Gasteiger partial charge < -0.3 is 10.1 Å². The zero-order valence-corrected chi connectivity index (χ0v) is 21.1. The van der Waals surface area contributed by atoms with Crippen LogP contribution in [0.2, 0.25) is 10.0 Å². The number of tetrazole rings is 1. The molecule has 4 rings (SSSR count). The number of aryl methyl sites for hydroxylation is 1. The maximum atomic E-state index is 6.32. The smallest absolute Gasteiger partial charge is 0.209 e. The van der Waals surface area contributed by atoms with Gasteiger partial charge in [-0.25, -0.2) is 4.68 Å². The molecule has 0 saturated carbocycles. The van der Waals surface area contributed by atoms with E-state index in [9.17, 15) is 0 Å². The summed E-state index contributed by atoms with van der Waals surface area (Å²) in [5, 5.41) is 19.5. The number of ether oxygens (including phenoxy) is 1. The van der Waals surface area contributed by atoms with Crippen LogP contribution in [0.1, 0.15) is 17.5 Å². The maximum Gasteiger partial charge on any atom is 0.209 e. The fraction of sp³-hybridized carbons (Fsp3) is 0.261. The Hall–Kier alpha value is -2.03. The Bertz CT molecular complexity index is 1200. The van der Waals surface area contributed by atoms with E-state index < -0.39 is 0 Å². The number of halogens is 3. The Morgan fingerprint density at radius 2 is 1.94 bits per heavy atom. The van der Waals surface area contributed by atoms with E-state index in [1.54, 1.807) is 22.5 Å². The van der Waals surface area contributed by atoms with Crippen molar-refractivity contribution in [2.45, 2.75) is 24.7 Å². The Labute approximate surface area is 213 Å². The number of hydrogen-bond acceptors (Lipinski definition) is 6. The normalized spacial score (nSPS) is 10.9. The lowest BCUT2D eigenvalue weighted by Gasteiger charge is -2.16. The number of benzene rings is 3. The first-order chi connectivity index (χ1) is 15.6. The molecule has 1 heterocycles. The average molecular weight is 525 g/mol. The van der Waals surface area contributed by atoms with Crippen LogP contribution in [-0.2, 0) is 20.2 Å². The fourth-order valence-electron chi connectivity index (χ4n) is 3.35. The highest BCUT2D eigenvalue weighted by atomic mass is 35.5. The van der Waals surface area contributed by atoms with Crippen molar-refractivity contribution in [2.75, 3.05) is 12.3 Å². The van der Waals surface area contributed by atoms with E-state index in [1.807, 2.05) is 31.3 Å². The maximum absolute atomic E-state index is 6.32. The first-order valence-electron chi connectivity index (χ1n) is 10.2. The largest absolute Gasteiger partial charge is 0.488 e. The van der Waals surface area contributed by atoms with E-state index in [2.05, 4.69) is 45.1 Å². The van der Waals surface area contributed by atoms with E-state index in [0.717, 1.165) is 40.8 Å². The first kappa shape index (κ1) is 25.6. The number of nitrogens with zero attached hydrogens (tertiary/aromatic N) is 4. The molecule has 3 aromatic carbocycles. The molecule has 0 saturated heterocycles. The number of rotatable bonds is 10. The van der Waals surface area contributed by atoms with E-state index in [-0.39, 0.29) is 12.4 Å². The van der Waals surface area contributed by atoms with Crippen LogP contribution < -0.4 is 10.1 Å². The molecule has 0 radical (unpaired) electrons. The number of nitrogens with one attached hydrogen (secondary N) is 1. The predicted octanol–water partition coefficient (Wildman–Crippen LogP) is 5.94. The van der Waals surface area contributed by atoms with Crippen LogP contribution in [0.5, 0.6) is 5.75 Å². The van der Waals surface area contributed by atoms with Crippen LogP contribution >= 0.6 is 47.4 Å². The van der Waals surface area contributed by atoms with Crippen molar-refractivity contribution in [1.82, 2.24) is 25.5 Å². The summed E-state index contributed by atoms with van der Waals surface area (Å²) in [6.45, 7) is 1.97. The van der Waals surface area contributed by atoms with Crippen LogP contribution in [0, 0.1) is 0 Å². The third kappa shape index (κ3) is 6.74. The minimum Gasteiger partial charge on any atom is -0.488 e. The summed E-state index contributed by atoms with van der Waals surface area (Å²) in [4.78, 5) is 0. The zero-order valence-electron chi connectivity index (χ0n) is 18.0. The summed E-state index contributed by atoms with van der Waals surface area (Å²) in [6.07, 6.45) is 0.999. The highest BCUT2D eigenvalue weighted by molar-refractivity contribution is 7.99. The van der Waals surface area contributed by atoms with Crippen molar-refractivity contribution in [3.05, 3.63) is 75.8 Å². The van der Waals surface area contributed by atoms with Gasteiger partial charge in [-0.05, 0) is 52.4 Å². The lowest BCUT2D eigenvalue weighted by Crippen LogP contribution is -2.16. The Balaban J connectivity index is 0.00000306. The van der Waals surface area contributed by atoms with Gasteiger partial charge in [0.25, 0.3) is 0 Å². The van der Waals surface area contributed by atoms with Gasteiger partial charge in [0.15, 0.2) is 0 Å². The average Bonchev–Trinajstić information content (AvgIpc) is 3.20. The third-order valence-electron chi connectivity index (χ3n) is 5.01. The van der Waals surface area contributed by atoms with Crippen molar-refractivity contribution in [3.63, 3.8) is 0 Å². The van der Waals surface area contributed by atoms with Crippen LogP contribution in [0.25, 0.3) is 10.8 Å². The molecule has 4 aromatic rings. The van der Waals surface area contributed by atoms with Gasteiger partial charge in [-0.2, -0.15) is 0 Å². The molecule has 174 valence electrons. The standard InChI is InChI=1S/C23H23Cl2N5OS.ClH/c1-30-23(27-28-29-30)32-12-4-11-26-14-20-19-6-3-2-5-16(19)8-10-22(20)31-15-17-7-9-18(24)13-21(17)25;/h2-3,5-10,13,26H,4,11-12,14-15H2,1H3;1H. The molecule has 0 spiro atoms. The monoisotopic (exact) mass is 523 g/mol. The highest BCUT2D eigenvalue weighted by Gasteiger charge is 2.11. The summed E-state index contributed by atoms with van der Waals surface area (Å²) in [7, 11) is 1.85. The van der Waals surface area contributed by atoms with Crippen molar-refractivity contribution in [3.8, 4) is 5.75 Å². The summed E-state index contributed by atoms with van der Waals surface area (Å²) in [6, 6.07) is 17.9. The molecule has 10 heteroatoms. The molecule has 6 nitrogen and oxygen atoms in total. The molecular formula is C23H24Cl3N5OS. The molecule has 1 N–H and O–H groups in total. The van der Waals surface area contributed by atoms with Gasteiger partial charge in [0, 0.05) is 40.5 Å². The van der Waals surface area contributed by atoms with E-state index in [1.165, 1.54) is 10.8 Å². The number of fused-ring (bicyclic) bond motifs is 1. The molecule has 33 heavy (non-hydrogen) atoms. The summed E-state index contributed by atoms with van der Waals surface area (Å²) < 4.78 is 7.88. The van der Waals surface area contributed by atoms with Gasteiger partial charge in [0.1, 0.15) is 12.4 Å². The van der Waals surface area contributed by atoms with Gasteiger partial charge in [-0.1, -0.05) is 71.4 Å². The van der Waals surface area contributed by atoms with Crippen LogP contribution in [0.15, 0.2) is 59.8 Å². The van der Waals surface area contributed by atoms with Crippen molar-refractivity contribution < 1.29 is 4.74 Å². The second-order valence-corrected chi connectivity index (χ2v) is 9.16. The van der Waals surface area contributed by atoms with E-state index in [4.69, 9.17) is 27.9 Å². The Morgan fingerprint density at radius 3 is 2.73 bits per heavy atom. The summed E-state index contributed by atoms with van der Waals surface area (Å²) >= 11 is 14.0. The SMILES string of the molecule is Cl.Cn1nnnc1SCCCNCc1c(OCc2ccc(Cl)cc2Cl)ccc2ccccc12. The topological polar surface area (TPSA) is 64.9 Å². The molecule has 1 aromatic heterocycles. The minimum absolute atomic E-state index is 0. The second kappa shape index (κ2) is 12.4. The minimum atomic E-state index is 0. The van der Waals surface area contributed by atoms with E-state index in [0.29, 0.717) is 23.2 Å². The Morgan fingerprint density at radius 1 is 1.09 bits per heavy atom. The second-order valence-electron chi connectivity index (χ2n) is 7.25. The third-order valence-corrected chi connectivity index (χ3v) is 6.69. The Kier molecular flexibility index (Phi) is 9.64. The molecule has 0 amide bonds. The lowest BCUT2D eigenvalue weighted by molar-refractivity contribution is 0.303. The molecule has 0 fully saturated rings. The van der Waals surface area contributed by atoms with Gasteiger partial charge >= 0.3 is 0 Å². The quantitative estimate of drug-likeness (QED) is 0.204. The highest BCUT2D eigenvalue weighted by Crippen LogP contribution is 2.30. The molecule has 0 unspecified atom stereocenters. The molecule has 0 aliphatic heterocycles. The van der Waals surface area contributed by atoms with Crippen molar-refractivity contribution >= 4 is 58.1 Å².